The smallest absolute Gasteiger partial charge is 0.109 e. The van der Waals surface area contributed by atoms with Crippen molar-refractivity contribution < 1.29 is 9.13 Å². The fourth-order valence-corrected chi connectivity index (χ4v) is 1.16. The Bertz CT molecular complexity index is 260. The summed E-state index contributed by atoms with van der Waals surface area (Å²) in [6.07, 6.45) is 1.67. The summed E-state index contributed by atoms with van der Waals surface area (Å²) in [7, 11) is 0. The molecule has 0 N–H and O–H groups in total. The Balaban J connectivity index is 2.37. The van der Waals surface area contributed by atoms with Crippen LogP contribution in [0.25, 0.3) is 0 Å². The van der Waals surface area contributed by atoms with Crippen LogP contribution in [0.4, 0.5) is 4.39 Å². The summed E-state index contributed by atoms with van der Waals surface area (Å²) < 4.78 is 19.2. The minimum absolute atomic E-state index is 0.313. The van der Waals surface area contributed by atoms with E-state index in [0.29, 0.717) is 19.1 Å². The Morgan fingerprint density at radius 3 is 3.00 bits per heavy atom. The number of aryl methyl sites for hydroxylation is 1. The van der Waals surface area contributed by atoms with Gasteiger partial charge in [-0.3, -0.25) is 4.68 Å². The average molecular weight is 200 g/mol. The van der Waals surface area contributed by atoms with Gasteiger partial charge in [-0.25, -0.2) is 4.39 Å². The topological polar surface area (TPSA) is 27.1 Å². The molecule has 0 atom stereocenters. The molecule has 3 nitrogen and oxygen atoms in total. The normalized spacial score (nSPS) is 11.1. The van der Waals surface area contributed by atoms with Gasteiger partial charge in [0.1, 0.15) is 6.67 Å². The van der Waals surface area contributed by atoms with Crippen LogP contribution in [0.2, 0.25) is 0 Å². The van der Waals surface area contributed by atoms with E-state index >= 15 is 0 Å². The fraction of sp³-hybridized carbons (Fsp3) is 0.700. The monoisotopic (exact) mass is 200 g/mol. The second-order valence-corrected chi connectivity index (χ2v) is 3.64. The molecule has 0 aliphatic heterocycles. The van der Waals surface area contributed by atoms with E-state index in [1.807, 2.05) is 6.07 Å². The molecule has 0 radical (unpaired) electrons. The highest BCUT2D eigenvalue weighted by Crippen LogP contribution is 2.03. The van der Waals surface area contributed by atoms with Gasteiger partial charge in [0.05, 0.1) is 18.8 Å². The minimum Gasteiger partial charge on any atom is -0.375 e. The molecule has 0 bridgehead atoms. The molecular formula is C10H17FN2O. The summed E-state index contributed by atoms with van der Waals surface area (Å²) in [5.74, 6) is 0.521. The third-order valence-electron chi connectivity index (χ3n) is 1.80. The van der Waals surface area contributed by atoms with Crippen molar-refractivity contribution in [2.24, 2.45) is 5.92 Å². The van der Waals surface area contributed by atoms with Crippen molar-refractivity contribution in [2.45, 2.75) is 27.0 Å². The van der Waals surface area contributed by atoms with Crippen LogP contribution in [0.15, 0.2) is 12.3 Å². The molecule has 0 aromatic carbocycles. The first-order chi connectivity index (χ1) is 6.74. The van der Waals surface area contributed by atoms with Crippen LogP contribution in [-0.4, -0.2) is 23.1 Å². The molecule has 1 aromatic rings. The predicted molar refractivity (Wildman–Crippen MR) is 52.7 cm³/mol. The highest BCUT2D eigenvalue weighted by atomic mass is 19.1. The number of rotatable bonds is 6. The number of nitrogens with zero attached hydrogens (tertiary/aromatic N) is 2. The first kappa shape index (κ1) is 11.2. The number of halogens is 1. The molecule has 0 aliphatic rings. The molecule has 0 unspecified atom stereocenters. The van der Waals surface area contributed by atoms with Crippen LogP contribution in [0.5, 0.6) is 0 Å². The quantitative estimate of drug-likeness (QED) is 0.702. The minimum atomic E-state index is -0.390. The maximum Gasteiger partial charge on any atom is 0.109 e. The van der Waals surface area contributed by atoms with Gasteiger partial charge in [0.25, 0.3) is 0 Å². The lowest BCUT2D eigenvalue weighted by Crippen LogP contribution is -2.09. The molecule has 1 rings (SSSR count). The van der Waals surface area contributed by atoms with Crippen LogP contribution >= 0.6 is 0 Å². The number of aromatic nitrogens is 2. The zero-order chi connectivity index (χ0) is 10.4. The summed E-state index contributed by atoms with van der Waals surface area (Å²) >= 11 is 0. The Morgan fingerprint density at radius 2 is 2.36 bits per heavy atom. The van der Waals surface area contributed by atoms with Crippen LogP contribution in [0.1, 0.15) is 19.5 Å². The van der Waals surface area contributed by atoms with E-state index in [0.717, 1.165) is 12.3 Å². The van der Waals surface area contributed by atoms with E-state index in [9.17, 15) is 4.39 Å². The molecule has 0 saturated carbocycles. The second kappa shape index (κ2) is 5.75. The number of ether oxygens (including phenoxy) is 1. The Kier molecular flexibility index (Phi) is 4.59. The van der Waals surface area contributed by atoms with Crippen LogP contribution in [0, 0.1) is 5.92 Å². The van der Waals surface area contributed by atoms with E-state index in [1.165, 1.54) is 0 Å². The van der Waals surface area contributed by atoms with Gasteiger partial charge in [0.15, 0.2) is 0 Å². The van der Waals surface area contributed by atoms with Gasteiger partial charge in [-0.15, -0.1) is 0 Å². The summed E-state index contributed by atoms with van der Waals surface area (Å²) in [6.45, 7) is 5.35. The van der Waals surface area contributed by atoms with Crippen molar-refractivity contribution in [1.82, 2.24) is 9.78 Å². The van der Waals surface area contributed by atoms with E-state index in [4.69, 9.17) is 4.74 Å². The van der Waals surface area contributed by atoms with Crippen molar-refractivity contribution in [3.8, 4) is 0 Å². The molecule has 14 heavy (non-hydrogen) atoms. The second-order valence-electron chi connectivity index (χ2n) is 3.64. The standard InChI is InChI=1S/C10H17FN2O/c1-9(2)7-14-8-10-3-5-12-13(10)6-4-11/h3,5,9H,4,6-8H2,1-2H3. The molecule has 0 fully saturated rings. The van der Waals surface area contributed by atoms with Crippen molar-refractivity contribution in [3.63, 3.8) is 0 Å². The van der Waals surface area contributed by atoms with Crippen LogP contribution < -0.4 is 0 Å². The Hall–Kier alpha value is -0.900. The molecule has 80 valence electrons. The Morgan fingerprint density at radius 1 is 1.57 bits per heavy atom. The molecule has 0 saturated heterocycles. The van der Waals surface area contributed by atoms with E-state index < -0.39 is 6.67 Å². The zero-order valence-corrected chi connectivity index (χ0v) is 8.74. The van der Waals surface area contributed by atoms with Crippen molar-refractivity contribution >= 4 is 0 Å². The van der Waals surface area contributed by atoms with Crippen molar-refractivity contribution in [3.05, 3.63) is 18.0 Å². The maximum atomic E-state index is 12.1. The molecule has 0 amide bonds. The van der Waals surface area contributed by atoms with Gasteiger partial charge in [0, 0.05) is 12.8 Å². The van der Waals surface area contributed by atoms with Crippen LogP contribution in [-0.2, 0) is 17.9 Å². The highest BCUT2D eigenvalue weighted by molar-refractivity contribution is 4.98. The molecule has 4 heteroatoms. The van der Waals surface area contributed by atoms with Gasteiger partial charge in [-0.2, -0.15) is 5.10 Å². The van der Waals surface area contributed by atoms with Crippen molar-refractivity contribution in [2.75, 3.05) is 13.3 Å². The SMILES string of the molecule is CC(C)COCc1ccnn1CCF. The van der Waals surface area contributed by atoms with Gasteiger partial charge >= 0.3 is 0 Å². The molecule has 0 aliphatic carbocycles. The van der Waals surface area contributed by atoms with E-state index in [2.05, 4.69) is 18.9 Å². The fourth-order valence-electron chi connectivity index (χ4n) is 1.16. The molecular weight excluding hydrogens is 183 g/mol. The predicted octanol–water partition coefficient (Wildman–Crippen LogP) is 2.03. The highest BCUT2D eigenvalue weighted by Gasteiger charge is 2.02. The largest absolute Gasteiger partial charge is 0.375 e. The lowest BCUT2D eigenvalue weighted by molar-refractivity contribution is 0.0917. The molecule has 0 spiro atoms. The summed E-state index contributed by atoms with van der Waals surface area (Å²) in [6, 6.07) is 1.86. The van der Waals surface area contributed by atoms with Gasteiger partial charge in [-0.1, -0.05) is 13.8 Å². The van der Waals surface area contributed by atoms with Gasteiger partial charge in [-0.05, 0) is 12.0 Å². The van der Waals surface area contributed by atoms with E-state index in [1.54, 1.807) is 10.9 Å². The van der Waals surface area contributed by atoms with E-state index in [-0.39, 0.29) is 0 Å². The first-order valence-corrected chi connectivity index (χ1v) is 4.88. The third kappa shape index (κ3) is 3.46. The number of hydrogen-bond acceptors (Lipinski definition) is 2. The third-order valence-corrected chi connectivity index (χ3v) is 1.80. The average Bonchev–Trinajstić information content (AvgIpc) is 2.53. The molecule has 1 aromatic heterocycles. The number of hydrogen-bond donors (Lipinski definition) is 0. The Labute approximate surface area is 83.9 Å². The van der Waals surface area contributed by atoms with Gasteiger partial charge < -0.3 is 4.74 Å². The lowest BCUT2D eigenvalue weighted by Gasteiger charge is -2.08. The maximum absolute atomic E-state index is 12.1. The van der Waals surface area contributed by atoms with Crippen LogP contribution in [0.3, 0.4) is 0 Å². The summed E-state index contributed by atoms with van der Waals surface area (Å²) in [5, 5.41) is 4.00. The summed E-state index contributed by atoms with van der Waals surface area (Å²) in [5.41, 5.74) is 0.934. The number of alkyl halides is 1. The van der Waals surface area contributed by atoms with Gasteiger partial charge in [0.2, 0.25) is 0 Å². The lowest BCUT2D eigenvalue weighted by atomic mass is 10.2. The molecule has 1 heterocycles. The first-order valence-electron chi connectivity index (χ1n) is 4.88. The summed E-state index contributed by atoms with van der Waals surface area (Å²) in [4.78, 5) is 0. The van der Waals surface area contributed by atoms with Crippen molar-refractivity contribution in [1.29, 1.82) is 0 Å². The zero-order valence-electron chi connectivity index (χ0n) is 8.74.